The second-order valence-corrected chi connectivity index (χ2v) is 9.57. The topological polar surface area (TPSA) is 124 Å². The van der Waals surface area contributed by atoms with Crippen LogP contribution in [-0.4, -0.2) is 51.7 Å². The number of likely N-dealkylation sites (tertiary alicyclic amines) is 1. The number of alkyl halides is 3. The third-order valence-electron chi connectivity index (χ3n) is 6.90. The Bertz CT molecular complexity index is 1560. The van der Waals surface area contributed by atoms with Crippen LogP contribution in [0.5, 0.6) is 5.75 Å². The van der Waals surface area contributed by atoms with Gasteiger partial charge in [0.05, 0.1) is 13.2 Å². The van der Waals surface area contributed by atoms with E-state index in [1.54, 1.807) is 42.3 Å². The van der Waals surface area contributed by atoms with E-state index in [1.165, 1.54) is 19.2 Å². The molecule has 0 radical (unpaired) electrons. The highest BCUT2D eigenvalue weighted by Gasteiger charge is 2.34. The van der Waals surface area contributed by atoms with E-state index < -0.39 is 23.8 Å². The fourth-order valence-electron chi connectivity index (χ4n) is 4.82. The summed E-state index contributed by atoms with van der Waals surface area (Å²) in [5.74, 6) is -0.397. The predicted molar refractivity (Wildman–Crippen MR) is 139 cm³/mol. The summed E-state index contributed by atoms with van der Waals surface area (Å²) in [4.78, 5) is 40.3. The van der Waals surface area contributed by atoms with E-state index in [9.17, 15) is 22.8 Å². The average molecular weight is 554 g/mol. The van der Waals surface area contributed by atoms with Gasteiger partial charge >= 0.3 is 6.18 Å². The Balaban J connectivity index is 1.44. The number of rotatable bonds is 6. The van der Waals surface area contributed by atoms with Crippen LogP contribution in [0.2, 0.25) is 0 Å². The lowest BCUT2D eigenvalue weighted by molar-refractivity contribution is -0.140. The van der Waals surface area contributed by atoms with Gasteiger partial charge in [-0.15, -0.1) is 0 Å². The molecule has 1 atom stereocenters. The molecule has 4 heterocycles. The Labute approximate surface area is 227 Å². The molecular weight excluding hydrogens is 527 g/mol. The van der Waals surface area contributed by atoms with Gasteiger partial charge in [-0.1, -0.05) is 6.07 Å². The highest BCUT2D eigenvalue weighted by atomic mass is 19.4. The number of hydrogen-bond donors (Lipinski definition) is 1. The molecule has 0 bridgehead atoms. The number of fused-ring (bicyclic) bond motifs is 1. The molecule has 5 rings (SSSR count). The molecule has 1 aromatic carbocycles. The zero-order chi connectivity index (χ0) is 28.6. The highest BCUT2D eigenvalue weighted by Crippen LogP contribution is 2.37. The van der Waals surface area contributed by atoms with E-state index in [4.69, 9.17) is 14.9 Å². The zero-order valence-electron chi connectivity index (χ0n) is 21.7. The molecule has 1 saturated heterocycles. The number of ketones is 1. The second-order valence-electron chi connectivity index (χ2n) is 9.57. The monoisotopic (exact) mass is 553 g/mol. The molecule has 0 spiro atoms. The van der Waals surface area contributed by atoms with Crippen LogP contribution in [0, 0.1) is 5.92 Å². The van der Waals surface area contributed by atoms with Gasteiger partial charge in [-0.25, -0.2) is 9.97 Å². The first-order chi connectivity index (χ1) is 19.1. The minimum atomic E-state index is -4.64. The van der Waals surface area contributed by atoms with Crippen molar-refractivity contribution in [2.24, 2.45) is 11.7 Å². The maximum Gasteiger partial charge on any atom is 0.433 e. The SMILES string of the molecule is COc1ccc(-c2nc(C(=O)N3CCC(C(=O)c4ccccn4)CC3)c([C@@H](C)N)o2)c2ccc(C(F)(F)F)nc12. The van der Waals surface area contributed by atoms with Gasteiger partial charge in [0.15, 0.2) is 17.2 Å². The summed E-state index contributed by atoms with van der Waals surface area (Å²) in [5, 5.41) is 0.303. The van der Waals surface area contributed by atoms with Crippen LogP contribution >= 0.6 is 0 Å². The normalized spacial score (nSPS) is 15.3. The number of halogens is 3. The first-order valence-corrected chi connectivity index (χ1v) is 12.6. The summed E-state index contributed by atoms with van der Waals surface area (Å²) in [6.07, 6.45) is -2.14. The van der Waals surface area contributed by atoms with Gasteiger partial charge in [-0.05, 0) is 56.2 Å². The first kappa shape index (κ1) is 27.3. The summed E-state index contributed by atoms with van der Waals surface area (Å²) in [7, 11) is 1.33. The number of amides is 1. The van der Waals surface area contributed by atoms with Crippen molar-refractivity contribution in [1.82, 2.24) is 19.9 Å². The molecule has 4 aromatic rings. The molecule has 9 nitrogen and oxygen atoms in total. The number of nitrogens with zero attached hydrogens (tertiary/aromatic N) is 4. The van der Waals surface area contributed by atoms with Crippen LogP contribution in [0.1, 0.15) is 58.2 Å². The number of benzene rings is 1. The summed E-state index contributed by atoms with van der Waals surface area (Å²) in [5.41, 5.74) is 5.76. The van der Waals surface area contributed by atoms with Crippen LogP contribution < -0.4 is 10.5 Å². The summed E-state index contributed by atoms with van der Waals surface area (Å²) in [6.45, 7) is 2.30. The summed E-state index contributed by atoms with van der Waals surface area (Å²) >= 11 is 0. The van der Waals surface area contributed by atoms with Crippen molar-refractivity contribution in [3.05, 3.63) is 71.5 Å². The van der Waals surface area contributed by atoms with E-state index in [1.807, 2.05) is 0 Å². The molecule has 2 N–H and O–H groups in total. The predicted octanol–water partition coefficient (Wildman–Crippen LogP) is 5.07. The number of methoxy groups -OCH3 is 1. The lowest BCUT2D eigenvalue weighted by atomic mass is 9.90. The Morgan fingerprint density at radius 2 is 1.85 bits per heavy atom. The number of carbonyl (C=O) groups excluding carboxylic acids is 2. The number of carbonyl (C=O) groups is 2. The molecule has 1 aliphatic heterocycles. The Morgan fingerprint density at radius 3 is 2.48 bits per heavy atom. The van der Waals surface area contributed by atoms with Crippen molar-refractivity contribution in [3.8, 4) is 17.2 Å². The van der Waals surface area contributed by atoms with Crippen LogP contribution in [0.4, 0.5) is 13.2 Å². The molecule has 1 amide bonds. The maximum absolute atomic E-state index is 13.5. The van der Waals surface area contributed by atoms with Crippen LogP contribution in [0.3, 0.4) is 0 Å². The summed E-state index contributed by atoms with van der Waals surface area (Å²) < 4.78 is 51.2. The molecule has 0 aliphatic carbocycles. The van der Waals surface area contributed by atoms with Gasteiger partial charge in [0.2, 0.25) is 5.89 Å². The van der Waals surface area contributed by atoms with Gasteiger partial charge in [-0.2, -0.15) is 13.2 Å². The second kappa shape index (κ2) is 10.7. The molecule has 12 heteroatoms. The number of Topliss-reactive ketones (excluding diaryl/α,β-unsaturated/α-hetero) is 1. The van der Waals surface area contributed by atoms with E-state index in [2.05, 4.69) is 15.0 Å². The van der Waals surface area contributed by atoms with E-state index >= 15 is 0 Å². The van der Waals surface area contributed by atoms with Gasteiger partial charge in [-0.3, -0.25) is 14.6 Å². The average Bonchev–Trinajstić information content (AvgIpc) is 3.41. The van der Waals surface area contributed by atoms with Crippen LogP contribution in [-0.2, 0) is 6.18 Å². The molecule has 40 heavy (non-hydrogen) atoms. The Morgan fingerprint density at radius 1 is 1.10 bits per heavy atom. The largest absolute Gasteiger partial charge is 0.494 e. The third-order valence-corrected chi connectivity index (χ3v) is 6.90. The third kappa shape index (κ3) is 5.14. The standard InChI is InChI=1S/C28H26F3N5O4/c1-15(32)25-23(27(38)36-13-10-16(11-14-36)24(37)19-5-3-4-12-33-19)35-26(40-25)18-6-8-20(39-2)22-17(18)7-9-21(34-22)28(29,30)31/h3-9,12,15-16H,10-11,13-14,32H2,1-2H3/t15-/m1/s1. The van der Waals surface area contributed by atoms with Crippen molar-refractivity contribution in [1.29, 1.82) is 0 Å². The minimum absolute atomic E-state index is 0.0170. The number of hydrogen-bond acceptors (Lipinski definition) is 8. The first-order valence-electron chi connectivity index (χ1n) is 12.6. The number of ether oxygens (including phenoxy) is 1. The van der Waals surface area contributed by atoms with E-state index in [0.29, 0.717) is 42.6 Å². The van der Waals surface area contributed by atoms with Crippen molar-refractivity contribution < 1.29 is 31.9 Å². The van der Waals surface area contributed by atoms with Crippen molar-refractivity contribution in [3.63, 3.8) is 0 Å². The number of piperidine rings is 1. The minimum Gasteiger partial charge on any atom is -0.494 e. The lowest BCUT2D eigenvalue weighted by Crippen LogP contribution is -2.41. The molecule has 1 aliphatic rings. The summed E-state index contributed by atoms with van der Waals surface area (Å²) in [6, 6.07) is 9.66. The Hall–Kier alpha value is -4.32. The number of pyridine rings is 2. The van der Waals surface area contributed by atoms with Crippen LogP contribution in [0.15, 0.2) is 53.1 Å². The molecule has 0 unspecified atom stereocenters. The fraction of sp³-hybridized carbons (Fsp3) is 0.321. The quantitative estimate of drug-likeness (QED) is 0.328. The highest BCUT2D eigenvalue weighted by molar-refractivity contribution is 5.99. The van der Waals surface area contributed by atoms with Gasteiger partial charge in [0.25, 0.3) is 5.91 Å². The Kier molecular flexibility index (Phi) is 7.28. The molecule has 208 valence electrons. The van der Waals surface area contributed by atoms with E-state index in [-0.39, 0.29) is 40.3 Å². The molecule has 3 aromatic heterocycles. The lowest BCUT2D eigenvalue weighted by Gasteiger charge is -2.30. The van der Waals surface area contributed by atoms with E-state index in [0.717, 1.165) is 6.07 Å². The molecule has 0 saturated carbocycles. The van der Waals surface area contributed by atoms with Gasteiger partial charge < -0.3 is 19.8 Å². The van der Waals surface area contributed by atoms with Gasteiger partial charge in [0.1, 0.15) is 22.7 Å². The molecule has 1 fully saturated rings. The zero-order valence-corrected chi connectivity index (χ0v) is 21.7. The van der Waals surface area contributed by atoms with Gasteiger partial charge in [0, 0.05) is 36.2 Å². The number of oxazole rings is 1. The van der Waals surface area contributed by atoms with Crippen molar-refractivity contribution >= 4 is 22.6 Å². The smallest absolute Gasteiger partial charge is 0.433 e. The van der Waals surface area contributed by atoms with Crippen molar-refractivity contribution in [2.75, 3.05) is 20.2 Å². The van der Waals surface area contributed by atoms with Crippen molar-refractivity contribution in [2.45, 2.75) is 32.0 Å². The number of nitrogens with two attached hydrogens (primary N) is 1. The molecular formula is C28H26F3N5O4. The number of aromatic nitrogens is 3. The van der Waals surface area contributed by atoms with Crippen LogP contribution in [0.25, 0.3) is 22.4 Å². The maximum atomic E-state index is 13.5. The fourth-order valence-corrected chi connectivity index (χ4v) is 4.82.